The third kappa shape index (κ3) is 2.11. The van der Waals surface area contributed by atoms with E-state index in [9.17, 15) is 9.18 Å². The molecule has 1 aromatic heterocycles. The van der Waals surface area contributed by atoms with Crippen LogP contribution in [0.25, 0.3) is 0 Å². The van der Waals surface area contributed by atoms with Crippen molar-refractivity contribution in [1.82, 2.24) is 10.3 Å². The van der Waals surface area contributed by atoms with Crippen LogP contribution in [0.1, 0.15) is 36.0 Å². The van der Waals surface area contributed by atoms with Gasteiger partial charge in [-0.2, -0.15) is 0 Å². The Labute approximate surface area is 106 Å². The SMILES string of the molecule is O=C(NCC1CC2CCC1C2)c1ccncc1F. The van der Waals surface area contributed by atoms with E-state index in [1.54, 1.807) is 0 Å². The summed E-state index contributed by atoms with van der Waals surface area (Å²) in [6.07, 6.45) is 7.72. The fraction of sp³-hybridized carbons (Fsp3) is 0.571. The molecule has 1 aromatic rings. The highest BCUT2D eigenvalue weighted by Gasteiger charge is 2.39. The van der Waals surface area contributed by atoms with Crippen LogP contribution in [-0.4, -0.2) is 17.4 Å². The lowest BCUT2D eigenvalue weighted by Gasteiger charge is -2.21. The van der Waals surface area contributed by atoms with Crippen molar-refractivity contribution in [3.63, 3.8) is 0 Å². The molecule has 2 aliphatic carbocycles. The minimum Gasteiger partial charge on any atom is -0.352 e. The zero-order valence-corrected chi connectivity index (χ0v) is 10.2. The number of carbonyl (C=O) groups is 1. The predicted molar refractivity (Wildman–Crippen MR) is 65.5 cm³/mol. The molecule has 1 N–H and O–H groups in total. The number of hydrogen-bond donors (Lipinski definition) is 1. The summed E-state index contributed by atoms with van der Waals surface area (Å²) in [6, 6.07) is 1.42. The topological polar surface area (TPSA) is 42.0 Å². The summed E-state index contributed by atoms with van der Waals surface area (Å²) >= 11 is 0. The number of fused-ring (bicyclic) bond motifs is 2. The summed E-state index contributed by atoms with van der Waals surface area (Å²) in [5, 5.41) is 2.86. The molecular formula is C14H17FN2O. The zero-order chi connectivity index (χ0) is 12.5. The van der Waals surface area contributed by atoms with Crippen molar-refractivity contribution in [2.75, 3.05) is 6.54 Å². The van der Waals surface area contributed by atoms with Crippen molar-refractivity contribution in [2.24, 2.45) is 17.8 Å². The summed E-state index contributed by atoms with van der Waals surface area (Å²) in [5.74, 6) is 1.37. The highest BCUT2D eigenvalue weighted by molar-refractivity contribution is 5.94. The molecule has 0 aliphatic heterocycles. The van der Waals surface area contributed by atoms with Crippen LogP contribution < -0.4 is 5.32 Å². The first kappa shape index (κ1) is 11.6. The van der Waals surface area contributed by atoms with Gasteiger partial charge in [-0.1, -0.05) is 6.42 Å². The number of pyridine rings is 1. The molecule has 3 atom stereocenters. The number of rotatable bonds is 3. The summed E-state index contributed by atoms with van der Waals surface area (Å²) < 4.78 is 13.4. The summed E-state index contributed by atoms with van der Waals surface area (Å²) in [6.45, 7) is 0.682. The first-order chi connectivity index (χ1) is 8.74. The van der Waals surface area contributed by atoms with E-state index in [0.717, 1.165) is 18.0 Å². The van der Waals surface area contributed by atoms with Gasteiger partial charge in [-0.3, -0.25) is 9.78 Å². The second-order valence-corrected chi connectivity index (χ2v) is 5.50. The minimum absolute atomic E-state index is 0.0909. The Hall–Kier alpha value is -1.45. The van der Waals surface area contributed by atoms with Crippen molar-refractivity contribution in [2.45, 2.75) is 25.7 Å². The average Bonchev–Trinajstić information content (AvgIpc) is 2.98. The molecule has 0 aromatic carbocycles. The fourth-order valence-corrected chi connectivity index (χ4v) is 3.50. The molecule has 2 saturated carbocycles. The third-order valence-corrected chi connectivity index (χ3v) is 4.43. The van der Waals surface area contributed by atoms with Gasteiger partial charge < -0.3 is 5.32 Å². The average molecular weight is 248 g/mol. The minimum atomic E-state index is -0.553. The second kappa shape index (κ2) is 4.67. The Morgan fingerprint density at radius 1 is 1.44 bits per heavy atom. The molecule has 0 radical (unpaired) electrons. The maximum atomic E-state index is 13.4. The molecule has 1 amide bonds. The van der Waals surface area contributed by atoms with Gasteiger partial charge in [0.2, 0.25) is 0 Å². The predicted octanol–water partition coefficient (Wildman–Crippen LogP) is 2.39. The summed E-state index contributed by atoms with van der Waals surface area (Å²) in [4.78, 5) is 15.5. The number of halogens is 1. The Morgan fingerprint density at radius 2 is 2.33 bits per heavy atom. The number of amides is 1. The van der Waals surface area contributed by atoms with E-state index in [-0.39, 0.29) is 11.5 Å². The second-order valence-electron chi connectivity index (χ2n) is 5.50. The Morgan fingerprint density at radius 3 is 3.00 bits per heavy atom. The van der Waals surface area contributed by atoms with Crippen molar-refractivity contribution in [1.29, 1.82) is 0 Å². The van der Waals surface area contributed by atoms with Crippen LogP contribution in [0, 0.1) is 23.6 Å². The highest BCUT2D eigenvalue weighted by atomic mass is 19.1. The number of aromatic nitrogens is 1. The Bertz CT molecular complexity index is 463. The normalized spacial score (nSPS) is 29.5. The van der Waals surface area contributed by atoms with Gasteiger partial charge in [-0.25, -0.2) is 4.39 Å². The van der Waals surface area contributed by atoms with Gasteiger partial charge in [0, 0.05) is 12.7 Å². The fourth-order valence-electron chi connectivity index (χ4n) is 3.50. The van der Waals surface area contributed by atoms with Gasteiger partial charge in [-0.15, -0.1) is 0 Å². The van der Waals surface area contributed by atoms with Crippen LogP contribution in [0.5, 0.6) is 0 Å². The molecule has 0 saturated heterocycles. The first-order valence-corrected chi connectivity index (χ1v) is 6.61. The van der Waals surface area contributed by atoms with Crippen LogP contribution in [0.4, 0.5) is 4.39 Å². The van der Waals surface area contributed by atoms with E-state index in [1.165, 1.54) is 37.9 Å². The first-order valence-electron chi connectivity index (χ1n) is 6.61. The van der Waals surface area contributed by atoms with E-state index in [2.05, 4.69) is 10.3 Å². The third-order valence-electron chi connectivity index (χ3n) is 4.43. The zero-order valence-electron chi connectivity index (χ0n) is 10.2. The lowest BCUT2D eigenvalue weighted by atomic mass is 9.89. The molecule has 0 spiro atoms. The number of hydrogen-bond acceptors (Lipinski definition) is 2. The number of nitrogens with zero attached hydrogens (tertiary/aromatic N) is 1. The van der Waals surface area contributed by atoms with Gasteiger partial charge >= 0.3 is 0 Å². The molecule has 96 valence electrons. The highest BCUT2D eigenvalue weighted by Crippen LogP contribution is 2.47. The molecule has 3 rings (SSSR count). The number of nitrogens with one attached hydrogen (secondary N) is 1. The van der Waals surface area contributed by atoms with Gasteiger partial charge in [0.1, 0.15) is 0 Å². The van der Waals surface area contributed by atoms with E-state index in [0.29, 0.717) is 12.5 Å². The van der Waals surface area contributed by atoms with E-state index in [1.807, 2.05) is 0 Å². The standard InChI is InChI=1S/C14H17FN2O/c15-13-8-16-4-3-12(13)14(18)17-7-11-6-9-1-2-10(11)5-9/h3-4,8-11H,1-2,5-7H2,(H,17,18). The van der Waals surface area contributed by atoms with Crippen LogP contribution >= 0.6 is 0 Å². The maximum Gasteiger partial charge on any atom is 0.254 e. The van der Waals surface area contributed by atoms with Crippen LogP contribution in [0.2, 0.25) is 0 Å². The molecule has 3 unspecified atom stereocenters. The smallest absolute Gasteiger partial charge is 0.254 e. The van der Waals surface area contributed by atoms with E-state index >= 15 is 0 Å². The van der Waals surface area contributed by atoms with Crippen LogP contribution in [0.15, 0.2) is 18.5 Å². The van der Waals surface area contributed by atoms with Gasteiger partial charge in [0.25, 0.3) is 5.91 Å². The van der Waals surface area contributed by atoms with Crippen molar-refractivity contribution >= 4 is 5.91 Å². The van der Waals surface area contributed by atoms with Gasteiger partial charge in [0.15, 0.2) is 5.82 Å². The lowest BCUT2D eigenvalue weighted by molar-refractivity contribution is 0.0937. The monoisotopic (exact) mass is 248 g/mol. The van der Waals surface area contributed by atoms with Crippen LogP contribution in [-0.2, 0) is 0 Å². The number of carbonyl (C=O) groups excluding carboxylic acids is 1. The van der Waals surface area contributed by atoms with Gasteiger partial charge in [0.05, 0.1) is 11.8 Å². The lowest BCUT2D eigenvalue weighted by Crippen LogP contribution is -2.32. The van der Waals surface area contributed by atoms with E-state index < -0.39 is 5.82 Å². The van der Waals surface area contributed by atoms with Gasteiger partial charge in [-0.05, 0) is 43.1 Å². The largest absolute Gasteiger partial charge is 0.352 e. The molecule has 2 bridgehead atoms. The Kier molecular flexibility index (Phi) is 3.02. The van der Waals surface area contributed by atoms with E-state index in [4.69, 9.17) is 0 Å². The molecule has 3 nitrogen and oxygen atoms in total. The Balaban J connectivity index is 1.57. The maximum absolute atomic E-state index is 13.4. The van der Waals surface area contributed by atoms with Crippen molar-refractivity contribution < 1.29 is 9.18 Å². The molecular weight excluding hydrogens is 231 g/mol. The molecule has 4 heteroatoms. The van der Waals surface area contributed by atoms with Crippen LogP contribution in [0.3, 0.4) is 0 Å². The summed E-state index contributed by atoms with van der Waals surface area (Å²) in [5.41, 5.74) is 0.0909. The van der Waals surface area contributed by atoms with Crippen molar-refractivity contribution in [3.05, 3.63) is 29.8 Å². The quantitative estimate of drug-likeness (QED) is 0.892. The molecule has 2 aliphatic rings. The van der Waals surface area contributed by atoms with Crippen molar-refractivity contribution in [3.8, 4) is 0 Å². The molecule has 1 heterocycles. The molecule has 18 heavy (non-hydrogen) atoms. The summed E-state index contributed by atoms with van der Waals surface area (Å²) in [7, 11) is 0. The molecule has 2 fully saturated rings.